The number of ether oxygens (including phenoxy) is 1. The molecular weight excluding hydrogens is 271 g/mol. The molecular formula is C16H15FN2O2. The Balaban J connectivity index is 2.28. The van der Waals surface area contributed by atoms with Gasteiger partial charge in [-0.1, -0.05) is 12.1 Å². The lowest BCUT2D eigenvalue weighted by Crippen LogP contribution is -2.00. The maximum absolute atomic E-state index is 13.5. The van der Waals surface area contributed by atoms with E-state index in [2.05, 4.69) is 4.98 Å². The minimum absolute atomic E-state index is 0.376. The van der Waals surface area contributed by atoms with E-state index in [1.165, 1.54) is 12.3 Å². The summed E-state index contributed by atoms with van der Waals surface area (Å²) >= 11 is 0. The molecule has 0 aliphatic rings. The van der Waals surface area contributed by atoms with Gasteiger partial charge in [0.25, 0.3) is 0 Å². The van der Waals surface area contributed by atoms with Crippen LogP contribution in [0.2, 0.25) is 0 Å². The van der Waals surface area contributed by atoms with E-state index in [0.717, 1.165) is 5.56 Å². The maximum atomic E-state index is 13.5. The molecule has 0 saturated heterocycles. The molecule has 1 atom stereocenters. The summed E-state index contributed by atoms with van der Waals surface area (Å²) < 4.78 is 20.3. The third-order valence-electron chi connectivity index (χ3n) is 3.36. The molecule has 0 amide bonds. The number of nitrogens with zero attached hydrogens (tertiary/aromatic N) is 2. The van der Waals surface area contributed by atoms with Crippen molar-refractivity contribution in [1.82, 2.24) is 9.38 Å². The first kappa shape index (κ1) is 13.6. The molecule has 0 saturated carbocycles. The van der Waals surface area contributed by atoms with Crippen LogP contribution in [-0.4, -0.2) is 21.6 Å². The van der Waals surface area contributed by atoms with Crippen molar-refractivity contribution in [2.45, 2.75) is 13.0 Å². The third-order valence-corrected chi connectivity index (χ3v) is 3.36. The fraction of sp³-hybridized carbons (Fsp3) is 0.188. The average Bonchev–Trinajstić information content (AvgIpc) is 2.86. The summed E-state index contributed by atoms with van der Waals surface area (Å²) in [6.45, 7) is 1.64. The van der Waals surface area contributed by atoms with Gasteiger partial charge in [0.15, 0.2) is 0 Å². The molecule has 5 heteroatoms. The predicted octanol–water partition coefficient (Wildman–Crippen LogP) is 3.20. The lowest BCUT2D eigenvalue weighted by atomic mass is 10.1. The average molecular weight is 286 g/mol. The Morgan fingerprint density at radius 3 is 2.81 bits per heavy atom. The van der Waals surface area contributed by atoms with Crippen LogP contribution < -0.4 is 4.74 Å². The summed E-state index contributed by atoms with van der Waals surface area (Å²) in [6.07, 6.45) is 0.552. The van der Waals surface area contributed by atoms with Crippen molar-refractivity contribution in [3.63, 3.8) is 0 Å². The molecule has 3 rings (SSSR count). The van der Waals surface area contributed by atoms with Gasteiger partial charge in [-0.3, -0.25) is 4.40 Å². The van der Waals surface area contributed by atoms with Crippen molar-refractivity contribution < 1.29 is 14.2 Å². The van der Waals surface area contributed by atoms with Gasteiger partial charge in [0.2, 0.25) is 0 Å². The van der Waals surface area contributed by atoms with Crippen molar-refractivity contribution in [2.75, 3.05) is 7.11 Å². The summed E-state index contributed by atoms with van der Waals surface area (Å²) in [6, 6.07) is 10.3. The van der Waals surface area contributed by atoms with Crippen molar-refractivity contribution >= 4 is 5.65 Å². The van der Waals surface area contributed by atoms with E-state index < -0.39 is 6.10 Å². The molecule has 3 aromatic rings. The minimum Gasteiger partial charge on any atom is -0.497 e. The summed E-state index contributed by atoms with van der Waals surface area (Å²) in [7, 11) is 1.59. The van der Waals surface area contributed by atoms with E-state index >= 15 is 0 Å². The van der Waals surface area contributed by atoms with Crippen LogP contribution in [0.4, 0.5) is 4.39 Å². The lowest BCUT2D eigenvalue weighted by Gasteiger charge is -2.08. The molecule has 0 fully saturated rings. The van der Waals surface area contributed by atoms with E-state index in [9.17, 15) is 9.50 Å². The molecule has 1 N–H and O–H groups in total. The van der Waals surface area contributed by atoms with Crippen LogP contribution in [0.15, 0.2) is 42.6 Å². The van der Waals surface area contributed by atoms with E-state index in [4.69, 9.17) is 4.74 Å². The second-order valence-electron chi connectivity index (χ2n) is 4.83. The zero-order valence-electron chi connectivity index (χ0n) is 11.7. The molecule has 4 nitrogen and oxygen atoms in total. The largest absolute Gasteiger partial charge is 0.497 e. The Kier molecular flexibility index (Phi) is 3.35. The van der Waals surface area contributed by atoms with Gasteiger partial charge in [0.05, 0.1) is 24.6 Å². The quantitative estimate of drug-likeness (QED) is 0.804. The molecule has 0 aliphatic carbocycles. The first-order chi connectivity index (χ1) is 10.1. The van der Waals surface area contributed by atoms with Gasteiger partial charge >= 0.3 is 0 Å². The third kappa shape index (κ3) is 2.36. The number of aliphatic hydroxyl groups is 1. The topological polar surface area (TPSA) is 46.8 Å². The Morgan fingerprint density at radius 1 is 1.29 bits per heavy atom. The Bertz CT molecular complexity index is 796. The van der Waals surface area contributed by atoms with E-state index in [0.29, 0.717) is 22.8 Å². The van der Waals surface area contributed by atoms with Crippen molar-refractivity contribution in [2.24, 2.45) is 0 Å². The first-order valence-corrected chi connectivity index (χ1v) is 6.60. The van der Waals surface area contributed by atoms with Crippen molar-refractivity contribution in [1.29, 1.82) is 0 Å². The Hall–Kier alpha value is -2.40. The van der Waals surface area contributed by atoms with Gasteiger partial charge in [-0.15, -0.1) is 0 Å². The molecule has 1 unspecified atom stereocenters. The number of hydrogen-bond acceptors (Lipinski definition) is 3. The number of aromatic nitrogens is 2. The number of halogens is 1. The van der Waals surface area contributed by atoms with Crippen LogP contribution >= 0.6 is 0 Å². The zero-order chi connectivity index (χ0) is 15.0. The number of aliphatic hydroxyl groups excluding tert-OH is 1. The second-order valence-corrected chi connectivity index (χ2v) is 4.83. The number of hydrogen-bond donors (Lipinski definition) is 1. The number of pyridine rings is 1. The fourth-order valence-electron chi connectivity index (χ4n) is 2.42. The molecule has 108 valence electrons. The van der Waals surface area contributed by atoms with Crippen LogP contribution in [0.1, 0.15) is 18.7 Å². The Morgan fingerprint density at radius 2 is 2.10 bits per heavy atom. The minimum atomic E-state index is -0.775. The monoisotopic (exact) mass is 286 g/mol. The maximum Gasteiger partial charge on any atom is 0.139 e. The Labute approximate surface area is 121 Å². The standard InChI is InChI=1S/C16H15FN2O2/c1-10(20)16-15(11-4-3-5-13(8-11)21-2)18-14-7-6-12(17)9-19(14)16/h3-10,20H,1-2H3. The smallest absolute Gasteiger partial charge is 0.139 e. The van der Waals surface area contributed by atoms with Gasteiger partial charge in [-0.2, -0.15) is 0 Å². The van der Waals surface area contributed by atoms with Gasteiger partial charge < -0.3 is 9.84 Å². The van der Waals surface area contributed by atoms with E-state index in [1.807, 2.05) is 24.3 Å². The second kappa shape index (κ2) is 5.18. The number of fused-ring (bicyclic) bond motifs is 1. The molecule has 0 radical (unpaired) electrons. The van der Waals surface area contributed by atoms with Gasteiger partial charge in [0.1, 0.15) is 17.2 Å². The summed E-state index contributed by atoms with van der Waals surface area (Å²) in [4.78, 5) is 4.50. The molecule has 2 heterocycles. The number of methoxy groups -OCH3 is 1. The number of benzene rings is 1. The highest BCUT2D eigenvalue weighted by Crippen LogP contribution is 2.31. The normalized spacial score (nSPS) is 12.6. The molecule has 2 aromatic heterocycles. The van der Waals surface area contributed by atoms with Crippen molar-refractivity contribution in [3.8, 4) is 17.0 Å². The molecule has 0 bridgehead atoms. The predicted molar refractivity (Wildman–Crippen MR) is 77.8 cm³/mol. The summed E-state index contributed by atoms with van der Waals surface area (Å²) in [5.41, 5.74) is 2.58. The van der Waals surface area contributed by atoms with Crippen LogP contribution in [0, 0.1) is 5.82 Å². The summed E-state index contributed by atoms with van der Waals surface area (Å²) in [5, 5.41) is 10.1. The highest BCUT2D eigenvalue weighted by Gasteiger charge is 2.18. The molecule has 21 heavy (non-hydrogen) atoms. The molecule has 0 aliphatic heterocycles. The van der Waals surface area contributed by atoms with Crippen LogP contribution in [0.25, 0.3) is 16.9 Å². The van der Waals surface area contributed by atoms with Crippen molar-refractivity contribution in [3.05, 3.63) is 54.1 Å². The van der Waals surface area contributed by atoms with Crippen LogP contribution in [0.3, 0.4) is 0 Å². The molecule has 1 aromatic carbocycles. The van der Waals surface area contributed by atoms with Gasteiger partial charge in [0, 0.05) is 11.8 Å². The highest BCUT2D eigenvalue weighted by molar-refractivity contribution is 5.68. The highest BCUT2D eigenvalue weighted by atomic mass is 19.1. The van der Waals surface area contributed by atoms with Gasteiger partial charge in [-0.05, 0) is 31.2 Å². The SMILES string of the molecule is COc1cccc(-c2nc3ccc(F)cn3c2C(C)O)c1. The number of imidazole rings is 1. The number of rotatable bonds is 3. The lowest BCUT2D eigenvalue weighted by molar-refractivity contribution is 0.194. The van der Waals surface area contributed by atoms with E-state index in [1.54, 1.807) is 24.5 Å². The van der Waals surface area contributed by atoms with E-state index in [-0.39, 0.29) is 5.82 Å². The molecule has 0 spiro atoms. The van der Waals surface area contributed by atoms with Gasteiger partial charge in [-0.25, -0.2) is 9.37 Å². The van der Waals surface area contributed by atoms with Crippen LogP contribution in [0.5, 0.6) is 5.75 Å². The van der Waals surface area contributed by atoms with Crippen LogP contribution in [-0.2, 0) is 0 Å². The summed E-state index contributed by atoms with van der Waals surface area (Å²) in [5.74, 6) is 0.325. The fourth-order valence-corrected chi connectivity index (χ4v) is 2.42. The zero-order valence-corrected chi connectivity index (χ0v) is 11.7. The first-order valence-electron chi connectivity index (χ1n) is 6.60.